The molecule has 14 heavy (non-hydrogen) atoms. The minimum Gasteiger partial charge on any atom is -0.480 e. The first-order chi connectivity index (χ1) is 6.43. The largest absolute Gasteiger partial charge is 0.480 e. The second-order valence-electron chi connectivity index (χ2n) is 3.05. The first-order valence-electron chi connectivity index (χ1n) is 3.97. The van der Waals surface area contributed by atoms with Crippen molar-refractivity contribution >= 4 is 27.6 Å². The van der Waals surface area contributed by atoms with Gasteiger partial charge in [-0.2, -0.15) is 0 Å². The van der Waals surface area contributed by atoms with Gasteiger partial charge < -0.3 is 16.6 Å². The fourth-order valence-corrected chi connectivity index (χ4v) is 1.68. The first-order valence-corrected chi connectivity index (χ1v) is 4.76. The molecule has 0 fully saturated rings. The van der Waals surface area contributed by atoms with Gasteiger partial charge in [0, 0.05) is 10.2 Å². The lowest BCUT2D eigenvalue weighted by molar-refractivity contribution is -0.138. The van der Waals surface area contributed by atoms with Crippen LogP contribution in [0.1, 0.15) is 17.2 Å². The van der Waals surface area contributed by atoms with Crippen LogP contribution in [0.15, 0.2) is 16.6 Å². The van der Waals surface area contributed by atoms with E-state index in [4.69, 9.17) is 16.6 Å². The van der Waals surface area contributed by atoms with Crippen molar-refractivity contribution in [2.75, 3.05) is 5.73 Å². The number of rotatable bonds is 2. The molecule has 1 rings (SSSR count). The molecule has 5 N–H and O–H groups in total. The van der Waals surface area contributed by atoms with E-state index in [1.54, 1.807) is 19.1 Å². The number of carbonyl (C=O) groups is 1. The van der Waals surface area contributed by atoms with E-state index in [0.29, 0.717) is 15.7 Å². The zero-order valence-corrected chi connectivity index (χ0v) is 9.21. The summed E-state index contributed by atoms with van der Waals surface area (Å²) in [6.45, 7) is 1.80. The van der Waals surface area contributed by atoms with Crippen LogP contribution >= 0.6 is 15.9 Å². The van der Waals surface area contributed by atoms with Crippen LogP contribution in [-0.4, -0.2) is 11.1 Å². The molecule has 0 amide bonds. The molecule has 0 radical (unpaired) electrons. The number of carboxylic acids is 1. The third-order valence-electron chi connectivity index (χ3n) is 1.98. The van der Waals surface area contributed by atoms with E-state index in [0.717, 1.165) is 5.56 Å². The lowest BCUT2D eigenvalue weighted by atomic mass is 10.0. The molecule has 4 nitrogen and oxygen atoms in total. The number of nitrogen functional groups attached to an aromatic ring is 1. The van der Waals surface area contributed by atoms with Crippen molar-refractivity contribution in [2.45, 2.75) is 13.0 Å². The molecule has 0 aliphatic rings. The van der Waals surface area contributed by atoms with E-state index in [9.17, 15) is 4.79 Å². The van der Waals surface area contributed by atoms with Crippen LogP contribution in [0.3, 0.4) is 0 Å². The summed E-state index contributed by atoms with van der Waals surface area (Å²) in [6, 6.07) is 2.30. The highest BCUT2D eigenvalue weighted by molar-refractivity contribution is 9.10. The molecule has 0 aliphatic carbocycles. The zero-order valence-electron chi connectivity index (χ0n) is 7.62. The Kier molecular flexibility index (Phi) is 3.13. The Hall–Kier alpha value is -1.07. The molecule has 0 aliphatic heterocycles. The second-order valence-corrected chi connectivity index (χ2v) is 3.90. The monoisotopic (exact) mass is 258 g/mol. The first kappa shape index (κ1) is 11.0. The molecule has 0 aromatic heterocycles. The Morgan fingerprint density at radius 1 is 1.57 bits per heavy atom. The smallest absolute Gasteiger partial charge is 0.325 e. The summed E-state index contributed by atoms with van der Waals surface area (Å²) in [5.74, 6) is -1.05. The fourth-order valence-electron chi connectivity index (χ4n) is 1.10. The standard InChI is InChI=1S/C9H11BrN2O2/c1-4-2-5(8(12)9(13)14)3-6(10)7(4)11/h2-3,8H,11-12H2,1H3,(H,13,14)/t8-/m0/s1. The van der Waals surface area contributed by atoms with Gasteiger partial charge >= 0.3 is 5.97 Å². The van der Waals surface area contributed by atoms with Crippen LogP contribution in [0, 0.1) is 6.92 Å². The SMILES string of the molecule is Cc1cc([C@H](N)C(=O)O)cc(Br)c1N. The Bertz CT molecular complexity index is 356. The predicted octanol–water partition coefficient (Wildman–Crippen LogP) is 1.42. The topological polar surface area (TPSA) is 89.3 Å². The van der Waals surface area contributed by atoms with Crippen LogP contribution in [0.2, 0.25) is 0 Å². The van der Waals surface area contributed by atoms with Gasteiger partial charge in [0.25, 0.3) is 0 Å². The summed E-state index contributed by atoms with van der Waals surface area (Å²) in [4.78, 5) is 10.6. The highest BCUT2D eigenvalue weighted by atomic mass is 79.9. The molecular formula is C9H11BrN2O2. The van der Waals surface area contributed by atoms with E-state index in [-0.39, 0.29) is 0 Å². The van der Waals surface area contributed by atoms with Crippen molar-refractivity contribution in [3.05, 3.63) is 27.7 Å². The summed E-state index contributed by atoms with van der Waals surface area (Å²) < 4.78 is 0.671. The molecule has 1 aromatic rings. The van der Waals surface area contributed by atoms with Crippen molar-refractivity contribution in [1.82, 2.24) is 0 Å². The van der Waals surface area contributed by atoms with Gasteiger partial charge in [-0.3, -0.25) is 4.79 Å². The number of hydrogen-bond acceptors (Lipinski definition) is 3. The van der Waals surface area contributed by atoms with Crippen LogP contribution in [0.5, 0.6) is 0 Å². The molecule has 0 saturated heterocycles. The minimum atomic E-state index is -1.05. The Morgan fingerprint density at radius 2 is 2.14 bits per heavy atom. The normalized spacial score (nSPS) is 12.5. The molecule has 0 saturated carbocycles. The molecule has 76 valence electrons. The van der Waals surface area contributed by atoms with Gasteiger partial charge in [0.1, 0.15) is 6.04 Å². The highest BCUT2D eigenvalue weighted by Crippen LogP contribution is 2.27. The molecule has 5 heteroatoms. The van der Waals surface area contributed by atoms with Crippen molar-refractivity contribution in [3.63, 3.8) is 0 Å². The second kappa shape index (κ2) is 3.98. The average Bonchev–Trinajstić information content (AvgIpc) is 2.12. The maximum atomic E-state index is 10.6. The molecule has 1 atom stereocenters. The maximum absolute atomic E-state index is 10.6. The van der Waals surface area contributed by atoms with Crippen molar-refractivity contribution in [1.29, 1.82) is 0 Å². The van der Waals surface area contributed by atoms with Crippen molar-refractivity contribution in [2.24, 2.45) is 5.73 Å². The molecule has 0 spiro atoms. The summed E-state index contributed by atoms with van der Waals surface area (Å²) in [5, 5.41) is 8.71. The Balaban J connectivity index is 3.19. The number of hydrogen-bond donors (Lipinski definition) is 3. The summed E-state index contributed by atoms with van der Waals surface area (Å²) in [5.41, 5.74) is 13.1. The minimum absolute atomic E-state index is 0.538. The van der Waals surface area contributed by atoms with Crippen LogP contribution < -0.4 is 11.5 Å². The number of aliphatic carboxylic acids is 1. The number of nitrogens with two attached hydrogens (primary N) is 2. The summed E-state index contributed by atoms with van der Waals surface area (Å²) in [7, 11) is 0. The molecular weight excluding hydrogens is 248 g/mol. The Labute approximate surface area is 90.0 Å². The van der Waals surface area contributed by atoms with E-state index in [1.807, 2.05) is 0 Å². The van der Waals surface area contributed by atoms with Crippen molar-refractivity contribution in [3.8, 4) is 0 Å². The zero-order chi connectivity index (χ0) is 10.9. The van der Waals surface area contributed by atoms with E-state index in [1.165, 1.54) is 0 Å². The quantitative estimate of drug-likeness (QED) is 0.701. The van der Waals surface area contributed by atoms with Gasteiger partial charge in [-0.1, -0.05) is 6.07 Å². The Morgan fingerprint density at radius 3 is 2.57 bits per heavy atom. The lowest BCUT2D eigenvalue weighted by Crippen LogP contribution is -2.20. The number of anilines is 1. The van der Waals surface area contributed by atoms with Gasteiger partial charge in [-0.05, 0) is 40.0 Å². The number of carboxylic acid groups (broad SMARTS) is 1. The highest BCUT2D eigenvalue weighted by Gasteiger charge is 2.15. The van der Waals surface area contributed by atoms with Gasteiger partial charge in [0.2, 0.25) is 0 Å². The predicted molar refractivity (Wildman–Crippen MR) is 57.9 cm³/mol. The van der Waals surface area contributed by atoms with Gasteiger partial charge in [-0.15, -0.1) is 0 Å². The lowest BCUT2D eigenvalue weighted by Gasteiger charge is -2.10. The average molecular weight is 259 g/mol. The third kappa shape index (κ3) is 2.05. The molecule has 0 bridgehead atoms. The van der Waals surface area contributed by atoms with Crippen molar-refractivity contribution < 1.29 is 9.90 Å². The number of aryl methyl sites for hydroxylation is 1. The van der Waals surface area contributed by atoms with Gasteiger partial charge in [-0.25, -0.2) is 0 Å². The molecule has 0 heterocycles. The number of halogens is 1. The summed E-state index contributed by atoms with van der Waals surface area (Å²) >= 11 is 3.24. The third-order valence-corrected chi connectivity index (χ3v) is 2.64. The van der Waals surface area contributed by atoms with Crippen LogP contribution in [-0.2, 0) is 4.79 Å². The number of benzene rings is 1. The fraction of sp³-hybridized carbons (Fsp3) is 0.222. The van der Waals surface area contributed by atoms with Gasteiger partial charge in [0.05, 0.1) is 0 Å². The van der Waals surface area contributed by atoms with Crippen LogP contribution in [0.4, 0.5) is 5.69 Å². The van der Waals surface area contributed by atoms with E-state index < -0.39 is 12.0 Å². The molecule has 1 aromatic carbocycles. The van der Waals surface area contributed by atoms with E-state index in [2.05, 4.69) is 15.9 Å². The molecule has 0 unspecified atom stereocenters. The van der Waals surface area contributed by atoms with Crippen LogP contribution in [0.25, 0.3) is 0 Å². The summed E-state index contributed by atoms with van der Waals surface area (Å²) in [6.07, 6.45) is 0. The van der Waals surface area contributed by atoms with Gasteiger partial charge in [0.15, 0.2) is 0 Å². The van der Waals surface area contributed by atoms with E-state index >= 15 is 0 Å². The maximum Gasteiger partial charge on any atom is 0.325 e.